The highest BCUT2D eigenvalue weighted by molar-refractivity contribution is 9.10. The Kier molecular flexibility index (Phi) is 3.58. The normalized spacial score (nSPS) is 16.6. The van der Waals surface area contributed by atoms with Gasteiger partial charge in [-0.3, -0.25) is 10.1 Å². The van der Waals surface area contributed by atoms with Crippen LogP contribution in [0.1, 0.15) is 12.8 Å². The number of aromatic nitrogens is 1. The minimum atomic E-state index is -0.453. The summed E-state index contributed by atoms with van der Waals surface area (Å²) in [5, 5.41) is 13.8. The van der Waals surface area contributed by atoms with Gasteiger partial charge in [0.1, 0.15) is 12.0 Å². The van der Waals surface area contributed by atoms with Gasteiger partial charge in [0.05, 0.1) is 9.40 Å². The molecule has 0 spiro atoms. The third-order valence-corrected chi connectivity index (χ3v) is 4.88. The molecule has 1 heterocycles. The van der Waals surface area contributed by atoms with Crippen LogP contribution in [-0.4, -0.2) is 27.5 Å². The van der Waals surface area contributed by atoms with Gasteiger partial charge in [-0.05, 0) is 35.0 Å². The summed E-state index contributed by atoms with van der Waals surface area (Å²) in [7, 11) is 0. The molecule has 0 bridgehead atoms. The third kappa shape index (κ3) is 2.90. The second-order valence-corrected chi connectivity index (χ2v) is 6.15. The fourth-order valence-corrected chi connectivity index (χ4v) is 2.70. The van der Waals surface area contributed by atoms with Gasteiger partial charge >= 0.3 is 0 Å². The Hall–Kier alpha value is -0.820. The lowest BCUT2D eigenvalue weighted by Crippen LogP contribution is -2.18. The summed E-state index contributed by atoms with van der Waals surface area (Å²) in [5.74, 6) is 0.663. The van der Waals surface area contributed by atoms with E-state index in [-0.39, 0.29) is 5.69 Å². The first-order valence-corrected chi connectivity index (χ1v) is 7.17. The van der Waals surface area contributed by atoms with Crippen LogP contribution in [0, 0.1) is 10.1 Å². The van der Waals surface area contributed by atoms with Crippen molar-refractivity contribution in [1.82, 2.24) is 4.98 Å². The first-order chi connectivity index (χ1) is 8.06. The highest BCUT2D eigenvalue weighted by atomic mass is 79.9. The SMILES string of the molecule is CSC1(CNc2ncc([N+](=O)[O-])cc2Br)CC1. The van der Waals surface area contributed by atoms with Crippen LogP contribution in [-0.2, 0) is 0 Å². The summed E-state index contributed by atoms with van der Waals surface area (Å²) in [6.07, 6.45) is 5.80. The number of nitrogens with one attached hydrogen (secondary N) is 1. The number of nitro groups is 1. The zero-order valence-corrected chi connectivity index (χ0v) is 11.7. The highest BCUT2D eigenvalue weighted by Gasteiger charge is 2.41. The predicted molar refractivity (Wildman–Crippen MR) is 72.6 cm³/mol. The molecule has 0 radical (unpaired) electrons. The molecule has 17 heavy (non-hydrogen) atoms. The zero-order valence-electron chi connectivity index (χ0n) is 9.27. The van der Waals surface area contributed by atoms with E-state index in [1.54, 1.807) is 0 Å². The Morgan fingerprint density at radius 2 is 2.41 bits per heavy atom. The number of thioether (sulfide) groups is 1. The molecule has 1 aromatic rings. The third-order valence-electron chi connectivity index (χ3n) is 2.86. The Morgan fingerprint density at radius 1 is 1.71 bits per heavy atom. The molecule has 1 aliphatic rings. The smallest absolute Gasteiger partial charge is 0.288 e. The molecule has 7 heteroatoms. The van der Waals surface area contributed by atoms with Crippen LogP contribution in [0.3, 0.4) is 0 Å². The van der Waals surface area contributed by atoms with E-state index in [1.807, 2.05) is 11.8 Å². The number of rotatable bonds is 5. The van der Waals surface area contributed by atoms with Crippen molar-refractivity contribution < 1.29 is 4.92 Å². The van der Waals surface area contributed by atoms with Crippen molar-refractivity contribution in [3.63, 3.8) is 0 Å². The van der Waals surface area contributed by atoms with Gasteiger partial charge in [-0.25, -0.2) is 4.98 Å². The van der Waals surface area contributed by atoms with Crippen LogP contribution < -0.4 is 5.32 Å². The molecule has 5 nitrogen and oxygen atoms in total. The van der Waals surface area contributed by atoms with Gasteiger partial charge in [-0.2, -0.15) is 11.8 Å². The minimum absolute atomic E-state index is 0.00609. The lowest BCUT2D eigenvalue weighted by atomic mass is 10.3. The number of hydrogen-bond acceptors (Lipinski definition) is 5. The summed E-state index contributed by atoms with van der Waals surface area (Å²) < 4.78 is 0.965. The fraction of sp³-hybridized carbons (Fsp3) is 0.500. The summed E-state index contributed by atoms with van der Waals surface area (Å²) in [4.78, 5) is 14.2. The van der Waals surface area contributed by atoms with Gasteiger partial charge in [-0.1, -0.05) is 0 Å². The van der Waals surface area contributed by atoms with Crippen molar-refractivity contribution in [3.8, 4) is 0 Å². The molecule has 0 amide bonds. The van der Waals surface area contributed by atoms with Crippen molar-refractivity contribution in [2.75, 3.05) is 18.1 Å². The Balaban J connectivity index is 2.04. The van der Waals surface area contributed by atoms with Crippen molar-refractivity contribution in [2.45, 2.75) is 17.6 Å². The topological polar surface area (TPSA) is 68.1 Å². The second kappa shape index (κ2) is 4.81. The first-order valence-electron chi connectivity index (χ1n) is 5.15. The fourth-order valence-electron chi connectivity index (χ4n) is 1.50. The van der Waals surface area contributed by atoms with Gasteiger partial charge in [0.2, 0.25) is 0 Å². The number of halogens is 1. The van der Waals surface area contributed by atoms with E-state index in [0.29, 0.717) is 15.0 Å². The van der Waals surface area contributed by atoms with E-state index in [2.05, 4.69) is 32.5 Å². The van der Waals surface area contributed by atoms with E-state index in [4.69, 9.17) is 0 Å². The molecule has 0 saturated heterocycles. The molecule has 0 atom stereocenters. The van der Waals surface area contributed by atoms with E-state index in [1.165, 1.54) is 25.1 Å². The van der Waals surface area contributed by atoms with Crippen molar-refractivity contribution >= 4 is 39.2 Å². The first kappa shape index (κ1) is 12.6. The lowest BCUT2D eigenvalue weighted by molar-refractivity contribution is -0.385. The van der Waals surface area contributed by atoms with Crippen LogP contribution >= 0.6 is 27.7 Å². The van der Waals surface area contributed by atoms with Crippen LogP contribution in [0.5, 0.6) is 0 Å². The molecule has 2 rings (SSSR count). The zero-order chi connectivity index (χ0) is 12.5. The van der Waals surface area contributed by atoms with E-state index in [9.17, 15) is 10.1 Å². The summed E-state index contributed by atoms with van der Waals surface area (Å²) in [6, 6.07) is 1.47. The summed E-state index contributed by atoms with van der Waals surface area (Å²) >= 11 is 5.15. The van der Waals surface area contributed by atoms with Gasteiger partial charge in [-0.15, -0.1) is 0 Å². The molecule has 1 N–H and O–H groups in total. The van der Waals surface area contributed by atoms with E-state index < -0.39 is 4.92 Å². The molecule has 0 aliphatic heterocycles. The summed E-state index contributed by atoms with van der Waals surface area (Å²) in [6.45, 7) is 0.845. The Labute approximate surface area is 112 Å². The molecule has 0 aromatic carbocycles. The maximum absolute atomic E-state index is 10.6. The average molecular weight is 318 g/mol. The number of hydrogen-bond donors (Lipinski definition) is 1. The lowest BCUT2D eigenvalue weighted by Gasteiger charge is -2.14. The second-order valence-electron chi connectivity index (χ2n) is 4.02. The van der Waals surface area contributed by atoms with Crippen LogP contribution in [0.2, 0.25) is 0 Å². The number of pyridine rings is 1. The van der Waals surface area contributed by atoms with E-state index >= 15 is 0 Å². The average Bonchev–Trinajstić information content (AvgIpc) is 3.08. The van der Waals surface area contributed by atoms with Crippen molar-refractivity contribution in [1.29, 1.82) is 0 Å². The standard InChI is InChI=1S/C10H12BrN3O2S/c1-17-10(2-3-10)6-13-9-8(11)4-7(5-12-9)14(15)16/h4-5H,2-3,6H2,1H3,(H,12,13). The molecular formula is C10H12BrN3O2S. The highest BCUT2D eigenvalue weighted by Crippen LogP contribution is 2.47. The maximum atomic E-state index is 10.6. The number of anilines is 1. The van der Waals surface area contributed by atoms with Crippen LogP contribution in [0.25, 0.3) is 0 Å². The summed E-state index contributed by atoms with van der Waals surface area (Å²) in [5.41, 5.74) is -0.00609. The number of nitrogens with zero attached hydrogens (tertiary/aromatic N) is 2. The van der Waals surface area contributed by atoms with Gasteiger partial charge in [0.15, 0.2) is 0 Å². The molecule has 1 saturated carbocycles. The van der Waals surface area contributed by atoms with Crippen LogP contribution in [0.15, 0.2) is 16.7 Å². The molecule has 1 aromatic heterocycles. The Morgan fingerprint density at radius 3 is 2.88 bits per heavy atom. The van der Waals surface area contributed by atoms with Crippen molar-refractivity contribution in [2.24, 2.45) is 0 Å². The van der Waals surface area contributed by atoms with Crippen molar-refractivity contribution in [3.05, 3.63) is 26.9 Å². The van der Waals surface area contributed by atoms with Gasteiger partial charge < -0.3 is 5.32 Å². The van der Waals surface area contributed by atoms with Crippen LogP contribution in [0.4, 0.5) is 11.5 Å². The van der Waals surface area contributed by atoms with E-state index in [0.717, 1.165) is 6.54 Å². The molecular weight excluding hydrogens is 306 g/mol. The van der Waals surface area contributed by atoms with Gasteiger partial charge in [0, 0.05) is 17.4 Å². The maximum Gasteiger partial charge on any atom is 0.288 e. The monoisotopic (exact) mass is 317 g/mol. The Bertz CT molecular complexity index is 451. The molecule has 92 valence electrons. The van der Waals surface area contributed by atoms with Gasteiger partial charge in [0.25, 0.3) is 5.69 Å². The molecule has 0 unspecified atom stereocenters. The minimum Gasteiger partial charge on any atom is -0.368 e. The predicted octanol–water partition coefficient (Wildman–Crippen LogP) is 3.06. The molecule has 1 aliphatic carbocycles. The largest absolute Gasteiger partial charge is 0.368 e. The molecule has 1 fully saturated rings. The quantitative estimate of drug-likeness (QED) is 0.667.